The van der Waals surface area contributed by atoms with E-state index in [0.29, 0.717) is 4.47 Å². The molecule has 1 N–H and O–H groups in total. The van der Waals surface area contributed by atoms with E-state index < -0.39 is 29.8 Å². The third-order valence-corrected chi connectivity index (χ3v) is 3.00. The highest BCUT2D eigenvalue weighted by Crippen LogP contribution is 2.21. The summed E-state index contributed by atoms with van der Waals surface area (Å²) in [7, 11) is 0. The smallest absolute Gasteiger partial charge is 0.323 e. The van der Waals surface area contributed by atoms with Gasteiger partial charge in [0, 0.05) is 10.0 Å². The van der Waals surface area contributed by atoms with Gasteiger partial charge in [-0.3, -0.25) is 9.59 Å². The summed E-state index contributed by atoms with van der Waals surface area (Å²) in [6.45, 7) is 4.62. The second-order valence-electron chi connectivity index (χ2n) is 5.08. The van der Waals surface area contributed by atoms with Crippen LogP contribution in [0.2, 0.25) is 0 Å². The Morgan fingerprint density at radius 1 is 1.37 bits per heavy atom. The van der Waals surface area contributed by atoms with Crippen molar-refractivity contribution in [1.29, 1.82) is 0 Å². The van der Waals surface area contributed by atoms with Crippen LogP contribution in [0.5, 0.6) is 0 Å². The van der Waals surface area contributed by atoms with Crippen LogP contribution in [0.3, 0.4) is 0 Å². The van der Waals surface area contributed by atoms with Crippen molar-refractivity contribution in [3.8, 4) is 0 Å². The molecule has 0 aliphatic carbocycles. The monoisotopic (exact) mass is 331 g/mol. The van der Waals surface area contributed by atoms with Crippen LogP contribution in [0.4, 0.5) is 4.39 Å². The van der Waals surface area contributed by atoms with Gasteiger partial charge in [0.1, 0.15) is 12.4 Å². The first-order valence-corrected chi connectivity index (χ1v) is 6.41. The van der Waals surface area contributed by atoms with Crippen molar-refractivity contribution in [3.05, 3.63) is 34.1 Å². The molecule has 0 aromatic heterocycles. The van der Waals surface area contributed by atoms with E-state index in [0.717, 1.165) is 4.90 Å². The molecule has 0 radical (unpaired) electrons. The number of benzene rings is 1. The zero-order valence-corrected chi connectivity index (χ0v) is 12.5. The number of hydrogen-bond donors (Lipinski definition) is 1. The average molecular weight is 332 g/mol. The Morgan fingerprint density at radius 2 is 1.95 bits per heavy atom. The lowest BCUT2D eigenvalue weighted by Crippen LogP contribution is -2.48. The first-order chi connectivity index (χ1) is 8.62. The summed E-state index contributed by atoms with van der Waals surface area (Å²) in [6.07, 6.45) is 0. The van der Waals surface area contributed by atoms with Gasteiger partial charge in [0.2, 0.25) is 0 Å². The van der Waals surface area contributed by atoms with Gasteiger partial charge in [-0.2, -0.15) is 0 Å². The van der Waals surface area contributed by atoms with Crippen LogP contribution in [-0.4, -0.2) is 34.0 Å². The molecule has 1 aromatic rings. The maximum atomic E-state index is 13.7. The highest BCUT2D eigenvalue weighted by molar-refractivity contribution is 9.10. The Labute approximate surface area is 119 Å². The SMILES string of the molecule is CC(C)(C)N(CC(=O)O)C(=O)c1cc(Br)ccc1F. The molecule has 0 saturated heterocycles. The minimum absolute atomic E-state index is 0.148. The van der Waals surface area contributed by atoms with E-state index in [9.17, 15) is 14.0 Å². The summed E-state index contributed by atoms with van der Waals surface area (Å²) >= 11 is 3.16. The molecule has 0 atom stereocenters. The summed E-state index contributed by atoms with van der Waals surface area (Å²) in [4.78, 5) is 24.3. The third kappa shape index (κ3) is 4.02. The number of nitrogens with zero attached hydrogens (tertiary/aromatic N) is 1. The van der Waals surface area contributed by atoms with Crippen molar-refractivity contribution in [2.24, 2.45) is 0 Å². The van der Waals surface area contributed by atoms with E-state index in [1.807, 2.05) is 0 Å². The molecule has 1 amide bonds. The van der Waals surface area contributed by atoms with E-state index >= 15 is 0 Å². The summed E-state index contributed by atoms with van der Waals surface area (Å²) in [6, 6.07) is 3.99. The van der Waals surface area contributed by atoms with Crippen LogP contribution in [0.15, 0.2) is 22.7 Å². The van der Waals surface area contributed by atoms with Crippen molar-refractivity contribution >= 4 is 27.8 Å². The van der Waals surface area contributed by atoms with E-state index in [-0.39, 0.29) is 5.56 Å². The molecule has 0 heterocycles. The number of halogens is 2. The first kappa shape index (κ1) is 15.6. The molecular formula is C13H15BrFNO3. The molecule has 0 spiro atoms. The summed E-state index contributed by atoms with van der Waals surface area (Å²) in [5.74, 6) is -2.46. The Bertz CT molecular complexity index is 511. The number of carbonyl (C=O) groups is 2. The molecular weight excluding hydrogens is 317 g/mol. The second kappa shape index (κ2) is 5.69. The van der Waals surface area contributed by atoms with Gasteiger partial charge in [-0.1, -0.05) is 15.9 Å². The number of rotatable bonds is 3. The largest absolute Gasteiger partial charge is 0.480 e. The van der Waals surface area contributed by atoms with Crippen molar-refractivity contribution < 1.29 is 19.1 Å². The van der Waals surface area contributed by atoms with Gasteiger partial charge in [0.15, 0.2) is 0 Å². The molecule has 0 saturated carbocycles. The van der Waals surface area contributed by atoms with Gasteiger partial charge in [-0.25, -0.2) is 4.39 Å². The fraction of sp³-hybridized carbons (Fsp3) is 0.385. The summed E-state index contributed by atoms with van der Waals surface area (Å²) < 4.78 is 14.2. The minimum Gasteiger partial charge on any atom is -0.480 e. The number of carboxylic acid groups (broad SMARTS) is 1. The number of amides is 1. The van der Waals surface area contributed by atoms with Crippen LogP contribution >= 0.6 is 15.9 Å². The third-order valence-electron chi connectivity index (χ3n) is 2.51. The van der Waals surface area contributed by atoms with Crippen molar-refractivity contribution in [2.45, 2.75) is 26.3 Å². The van der Waals surface area contributed by atoms with Crippen molar-refractivity contribution in [3.63, 3.8) is 0 Å². The molecule has 0 unspecified atom stereocenters. The van der Waals surface area contributed by atoms with Gasteiger partial charge >= 0.3 is 5.97 Å². The van der Waals surface area contributed by atoms with E-state index in [1.54, 1.807) is 20.8 Å². The maximum Gasteiger partial charge on any atom is 0.323 e. The molecule has 19 heavy (non-hydrogen) atoms. The van der Waals surface area contributed by atoms with Gasteiger partial charge in [0.05, 0.1) is 5.56 Å². The van der Waals surface area contributed by atoms with Crippen LogP contribution < -0.4 is 0 Å². The minimum atomic E-state index is -1.14. The zero-order chi connectivity index (χ0) is 14.8. The lowest BCUT2D eigenvalue weighted by Gasteiger charge is -2.34. The number of carboxylic acids is 1. The van der Waals surface area contributed by atoms with Gasteiger partial charge < -0.3 is 10.0 Å². The van der Waals surface area contributed by atoms with Gasteiger partial charge in [-0.15, -0.1) is 0 Å². The lowest BCUT2D eigenvalue weighted by atomic mass is 10.0. The normalized spacial score (nSPS) is 11.2. The standard InChI is InChI=1S/C13H15BrFNO3/c1-13(2,3)16(7-11(17)18)12(19)9-6-8(14)4-5-10(9)15/h4-6H,7H2,1-3H3,(H,17,18). The van der Waals surface area contributed by atoms with E-state index in [2.05, 4.69) is 15.9 Å². The Hall–Kier alpha value is -1.43. The first-order valence-electron chi connectivity index (χ1n) is 5.61. The van der Waals surface area contributed by atoms with Crippen LogP contribution in [0.25, 0.3) is 0 Å². The highest BCUT2D eigenvalue weighted by atomic mass is 79.9. The van der Waals surface area contributed by atoms with Crippen LogP contribution in [-0.2, 0) is 4.79 Å². The molecule has 6 heteroatoms. The predicted octanol–water partition coefficient (Wildman–Crippen LogP) is 2.91. The number of hydrogen-bond acceptors (Lipinski definition) is 2. The van der Waals surface area contributed by atoms with E-state index in [4.69, 9.17) is 5.11 Å². The van der Waals surface area contributed by atoms with E-state index in [1.165, 1.54) is 18.2 Å². The van der Waals surface area contributed by atoms with Gasteiger partial charge in [-0.05, 0) is 39.0 Å². The fourth-order valence-corrected chi connectivity index (χ4v) is 1.92. The summed E-state index contributed by atoms with van der Waals surface area (Å²) in [5.41, 5.74) is -0.866. The second-order valence-corrected chi connectivity index (χ2v) is 6.00. The highest BCUT2D eigenvalue weighted by Gasteiger charge is 2.30. The maximum absolute atomic E-state index is 13.7. The quantitative estimate of drug-likeness (QED) is 0.926. The zero-order valence-electron chi connectivity index (χ0n) is 10.9. The molecule has 0 bridgehead atoms. The van der Waals surface area contributed by atoms with Crippen molar-refractivity contribution in [1.82, 2.24) is 4.90 Å². The molecule has 1 rings (SSSR count). The average Bonchev–Trinajstić information content (AvgIpc) is 2.26. The number of carbonyl (C=O) groups excluding carboxylic acids is 1. The Morgan fingerprint density at radius 3 is 2.42 bits per heavy atom. The molecule has 4 nitrogen and oxygen atoms in total. The number of aliphatic carboxylic acids is 1. The lowest BCUT2D eigenvalue weighted by molar-refractivity contribution is -0.138. The Kier molecular flexibility index (Phi) is 4.68. The Balaban J connectivity index is 3.19. The molecule has 0 aliphatic heterocycles. The molecule has 0 fully saturated rings. The molecule has 1 aromatic carbocycles. The van der Waals surface area contributed by atoms with Crippen LogP contribution in [0, 0.1) is 5.82 Å². The fourth-order valence-electron chi connectivity index (χ4n) is 1.56. The van der Waals surface area contributed by atoms with Crippen molar-refractivity contribution in [2.75, 3.05) is 6.54 Å². The van der Waals surface area contributed by atoms with Gasteiger partial charge in [0.25, 0.3) is 5.91 Å². The summed E-state index contributed by atoms with van der Waals surface area (Å²) in [5, 5.41) is 8.87. The predicted molar refractivity (Wildman–Crippen MR) is 72.5 cm³/mol. The van der Waals surface area contributed by atoms with Crippen LogP contribution in [0.1, 0.15) is 31.1 Å². The molecule has 0 aliphatic rings. The topological polar surface area (TPSA) is 57.6 Å². The molecule has 104 valence electrons.